The van der Waals surface area contributed by atoms with Gasteiger partial charge in [0.15, 0.2) is 5.82 Å². The van der Waals surface area contributed by atoms with Crippen LogP contribution in [-0.4, -0.2) is 54.6 Å². The lowest BCUT2D eigenvalue weighted by Crippen LogP contribution is -2.30. The van der Waals surface area contributed by atoms with Crippen molar-refractivity contribution in [2.75, 3.05) is 45.2 Å². The molecule has 5 nitrogen and oxygen atoms in total. The van der Waals surface area contributed by atoms with Crippen LogP contribution < -0.4 is 10.2 Å². The number of hydrogen-bond acceptors (Lipinski definition) is 4. The van der Waals surface area contributed by atoms with Crippen LogP contribution in [0.4, 0.5) is 5.82 Å². The molecule has 5 heteroatoms. The maximum absolute atomic E-state index is 4.85. The highest BCUT2D eigenvalue weighted by Crippen LogP contribution is 2.22. The zero-order valence-electron chi connectivity index (χ0n) is 12.3. The van der Waals surface area contributed by atoms with Gasteiger partial charge in [0.1, 0.15) is 5.65 Å². The second kappa shape index (κ2) is 5.81. The van der Waals surface area contributed by atoms with Crippen LogP contribution in [0.5, 0.6) is 0 Å². The van der Waals surface area contributed by atoms with E-state index in [1.54, 1.807) is 0 Å². The summed E-state index contributed by atoms with van der Waals surface area (Å²) in [6.45, 7) is 5.26. The molecular weight excluding hydrogens is 250 g/mol. The molecule has 0 bridgehead atoms. The van der Waals surface area contributed by atoms with Crippen molar-refractivity contribution in [1.82, 2.24) is 19.6 Å². The molecule has 3 rings (SSSR count). The largest absolute Gasteiger partial charge is 0.354 e. The minimum absolute atomic E-state index is 0.840. The van der Waals surface area contributed by atoms with E-state index in [0.29, 0.717) is 0 Å². The molecule has 1 aliphatic heterocycles. The summed E-state index contributed by atoms with van der Waals surface area (Å²) < 4.78 is 2.19. The first-order valence-corrected chi connectivity index (χ1v) is 7.33. The van der Waals surface area contributed by atoms with Crippen LogP contribution in [0.2, 0.25) is 0 Å². The summed E-state index contributed by atoms with van der Waals surface area (Å²) in [6.07, 6.45) is 3.30. The van der Waals surface area contributed by atoms with E-state index in [-0.39, 0.29) is 0 Å². The molecule has 1 aliphatic rings. The highest BCUT2D eigenvalue weighted by atomic mass is 15.3. The fraction of sp³-hybridized carbons (Fsp3) is 0.533. The first-order valence-electron chi connectivity index (χ1n) is 7.33. The lowest BCUT2D eigenvalue weighted by Gasteiger charge is -2.21. The molecule has 1 fully saturated rings. The minimum Gasteiger partial charge on any atom is -0.354 e. The van der Waals surface area contributed by atoms with E-state index in [1.165, 1.54) is 18.7 Å². The van der Waals surface area contributed by atoms with Gasteiger partial charge in [-0.15, -0.1) is 0 Å². The number of anilines is 1. The normalized spacial score (nSPS) is 17.6. The molecule has 1 saturated heterocycles. The predicted molar refractivity (Wildman–Crippen MR) is 82.3 cm³/mol. The molecule has 108 valence electrons. The summed E-state index contributed by atoms with van der Waals surface area (Å²) in [5.74, 6) is 1.14. The lowest BCUT2D eigenvalue weighted by molar-refractivity contribution is 0.360. The van der Waals surface area contributed by atoms with Crippen LogP contribution >= 0.6 is 0 Å². The summed E-state index contributed by atoms with van der Waals surface area (Å²) >= 11 is 0. The predicted octanol–water partition coefficient (Wildman–Crippen LogP) is 1.20. The van der Waals surface area contributed by atoms with Gasteiger partial charge in [-0.1, -0.05) is 6.07 Å². The third-order valence-electron chi connectivity index (χ3n) is 3.97. The highest BCUT2D eigenvalue weighted by molar-refractivity contribution is 5.56. The Morgan fingerprint density at radius 1 is 1.20 bits per heavy atom. The third kappa shape index (κ3) is 2.51. The quantitative estimate of drug-likeness (QED) is 0.911. The SMILES string of the molecule is CNCc1c(N2CCCN(C)CC2)nc2ccccn12. The Balaban J connectivity index is 1.98. The summed E-state index contributed by atoms with van der Waals surface area (Å²) in [5.41, 5.74) is 2.29. The van der Waals surface area contributed by atoms with Crippen molar-refractivity contribution >= 4 is 11.5 Å². The number of hydrogen-bond donors (Lipinski definition) is 1. The van der Waals surface area contributed by atoms with E-state index in [2.05, 4.69) is 44.9 Å². The number of rotatable bonds is 3. The summed E-state index contributed by atoms with van der Waals surface area (Å²) in [6, 6.07) is 6.19. The smallest absolute Gasteiger partial charge is 0.152 e. The van der Waals surface area contributed by atoms with Crippen molar-refractivity contribution in [3.8, 4) is 0 Å². The molecule has 0 aromatic carbocycles. The molecule has 3 heterocycles. The number of likely N-dealkylation sites (N-methyl/N-ethyl adjacent to an activating group) is 1. The molecule has 0 radical (unpaired) electrons. The Labute approximate surface area is 120 Å². The molecule has 0 amide bonds. The molecule has 0 atom stereocenters. The molecule has 0 saturated carbocycles. The number of nitrogens with one attached hydrogen (secondary N) is 1. The van der Waals surface area contributed by atoms with Crippen LogP contribution in [-0.2, 0) is 6.54 Å². The number of imidazole rings is 1. The molecule has 20 heavy (non-hydrogen) atoms. The topological polar surface area (TPSA) is 35.8 Å². The van der Waals surface area contributed by atoms with Gasteiger partial charge < -0.3 is 19.5 Å². The van der Waals surface area contributed by atoms with Gasteiger partial charge in [0, 0.05) is 32.4 Å². The summed E-state index contributed by atoms with van der Waals surface area (Å²) in [5, 5.41) is 3.27. The maximum atomic E-state index is 4.85. The Bertz CT molecular complexity index is 577. The van der Waals surface area contributed by atoms with Gasteiger partial charge >= 0.3 is 0 Å². The van der Waals surface area contributed by atoms with Gasteiger partial charge in [-0.05, 0) is 39.2 Å². The maximum Gasteiger partial charge on any atom is 0.152 e. The van der Waals surface area contributed by atoms with Gasteiger partial charge in [0.2, 0.25) is 0 Å². The van der Waals surface area contributed by atoms with Crippen LogP contribution in [0, 0.1) is 0 Å². The van der Waals surface area contributed by atoms with Gasteiger partial charge in [-0.2, -0.15) is 0 Å². The number of aromatic nitrogens is 2. The van der Waals surface area contributed by atoms with Crippen LogP contribution in [0.1, 0.15) is 12.1 Å². The van der Waals surface area contributed by atoms with Crippen LogP contribution in [0.15, 0.2) is 24.4 Å². The van der Waals surface area contributed by atoms with Crippen molar-refractivity contribution in [1.29, 1.82) is 0 Å². The van der Waals surface area contributed by atoms with Crippen molar-refractivity contribution in [2.24, 2.45) is 0 Å². The molecule has 0 aliphatic carbocycles. The average Bonchev–Trinajstić information content (AvgIpc) is 2.67. The first kappa shape index (κ1) is 13.4. The molecule has 2 aromatic rings. The second-order valence-corrected chi connectivity index (χ2v) is 5.49. The van der Waals surface area contributed by atoms with Crippen molar-refractivity contribution in [3.05, 3.63) is 30.1 Å². The average molecular weight is 273 g/mol. The van der Waals surface area contributed by atoms with E-state index < -0.39 is 0 Å². The molecule has 0 spiro atoms. The Kier molecular flexibility index (Phi) is 3.89. The van der Waals surface area contributed by atoms with Gasteiger partial charge in [-0.25, -0.2) is 4.98 Å². The number of nitrogens with zero attached hydrogens (tertiary/aromatic N) is 4. The molecular formula is C15H23N5. The zero-order chi connectivity index (χ0) is 13.9. The van der Waals surface area contributed by atoms with Gasteiger partial charge in [-0.3, -0.25) is 0 Å². The van der Waals surface area contributed by atoms with E-state index >= 15 is 0 Å². The third-order valence-corrected chi connectivity index (χ3v) is 3.97. The number of fused-ring (bicyclic) bond motifs is 1. The van der Waals surface area contributed by atoms with E-state index in [9.17, 15) is 0 Å². The zero-order valence-corrected chi connectivity index (χ0v) is 12.3. The van der Waals surface area contributed by atoms with Crippen molar-refractivity contribution in [3.63, 3.8) is 0 Å². The monoisotopic (exact) mass is 273 g/mol. The first-order chi connectivity index (χ1) is 9.79. The highest BCUT2D eigenvalue weighted by Gasteiger charge is 2.19. The van der Waals surface area contributed by atoms with E-state index in [1.807, 2.05) is 13.1 Å². The standard InChI is InChI=1S/C15H23N5/c1-16-12-13-15(17-14-6-3-4-9-20(13)14)19-8-5-7-18(2)10-11-19/h3-4,6,9,16H,5,7-8,10-12H2,1-2H3. The van der Waals surface area contributed by atoms with E-state index in [0.717, 1.165) is 37.6 Å². The number of pyridine rings is 1. The van der Waals surface area contributed by atoms with Crippen LogP contribution in [0.3, 0.4) is 0 Å². The minimum atomic E-state index is 0.840. The summed E-state index contributed by atoms with van der Waals surface area (Å²) in [7, 11) is 4.18. The van der Waals surface area contributed by atoms with Gasteiger partial charge in [0.05, 0.1) is 5.69 Å². The fourth-order valence-electron chi connectivity index (χ4n) is 2.88. The molecule has 0 unspecified atom stereocenters. The second-order valence-electron chi connectivity index (χ2n) is 5.49. The van der Waals surface area contributed by atoms with Crippen molar-refractivity contribution in [2.45, 2.75) is 13.0 Å². The molecule has 1 N–H and O–H groups in total. The summed E-state index contributed by atoms with van der Waals surface area (Å²) in [4.78, 5) is 9.68. The van der Waals surface area contributed by atoms with Gasteiger partial charge in [0.25, 0.3) is 0 Å². The lowest BCUT2D eigenvalue weighted by atomic mass is 10.3. The van der Waals surface area contributed by atoms with Crippen molar-refractivity contribution < 1.29 is 0 Å². The Morgan fingerprint density at radius 2 is 2.10 bits per heavy atom. The Hall–Kier alpha value is -1.59. The molecule has 2 aromatic heterocycles. The fourth-order valence-corrected chi connectivity index (χ4v) is 2.88. The van der Waals surface area contributed by atoms with E-state index in [4.69, 9.17) is 4.98 Å². The Morgan fingerprint density at radius 3 is 2.95 bits per heavy atom. The van der Waals surface area contributed by atoms with Crippen LogP contribution in [0.25, 0.3) is 5.65 Å².